The molecule has 0 aliphatic heterocycles. The number of anilines is 1. The Balaban J connectivity index is 2.96. The minimum atomic E-state index is -1.03. The third kappa shape index (κ3) is 3.85. The number of rotatable bonds is 5. The molecule has 1 aromatic rings. The fourth-order valence-corrected chi connectivity index (χ4v) is 1.51. The number of carboxylic acids is 1. The Bertz CT molecular complexity index is 424. The van der Waals surface area contributed by atoms with Gasteiger partial charge in [0.1, 0.15) is 0 Å². The average molecular weight is 250 g/mol. The van der Waals surface area contributed by atoms with Crippen LogP contribution < -0.4 is 10.6 Å². The number of hydrogen-bond donors (Lipinski definition) is 2. The van der Waals surface area contributed by atoms with Gasteiger partial charge in [-0.05, 0) is 26.0 Å². The van der Waals surface area contributed by atoms with Gasteiger partial charge in [-0.15, -0.1) is 0 Å². The van der Waals surface area contributed by atoms with E-state index in [9.17, 15) is 9.59 Å². The van der Waals surface area contributed by atoms with Crippen molar-refractivity contribution < 1.29 is 14.7 Å². The van der Waals surface area contributed by atoms with E-state index in [1.54, 1.807) is 38.1 Å². The molecular weight excluding hydrogens is 232 g/mol. The molecule has 98 valence electrons. The lowest BCUT2D eigenvalue weighted by atomic mass is 10.0. The standard InChI is InChI=1S/C13H18N2O3/c1-13(2,14)12(18)15(9-8-11(16)17)10-6-4-3-5-7-10/h3-7H,8-9,14H2,1-2H3,(H,16,17). The molecule has 0 bridgehead atoms. The molecule has 0 fully saturated rings. The summed E-state index contributed by atoms with van der Waals surface area (Å²) in [5.74, 6) is -1.24. The van der Waals surface area contributed by atoms with Crippen molar-refractivity contribution in [1.82, 2.24) is 0 Å². The van der Waals surface area contributed by atoms with Gasteiger partial charge in [-0.25, -0.2) is 0 Å². The molecule has 0 radical (unpaired) electrons. The van der Waals surface area contributed by atoms with Crippen molar-refractivity contribution in [2.75, 3.05) is 11.4 Å². The normalized spacial score (nSPS) is 11.1. The lowest BCUT2D eigenvalue weighted by Gasteiger charge is -2.29. The fourth-order valence-electron chi connectivity index (χ4n) is 1.51. The van der Waals surface area contributed by atoms with E-state index >= 15 is 0 Å². The SMILES string of the molecule is CC(C)(N)C(=O)N(CCC(=O)O)c1ccccc1. The van der Waals surface area contributed by atoms with Crippen molar-refractivity contribution in [3.8, 4) is 0 Å². The van der Waals surface area contributed by atoms with Crippen molar-refractivity contribution in [3.63, 3.8) is 0 Å². The van der Waals surface area contributed by atoms with E-state index < -0.39 is 11.5 Å². The first-order chi connectivity index (χ1) is 8.32. The molecule has 0 aromatic heterocycles. The summed E-state index contributed by atoms with van der Waals surface area (Å²) in [7, 11) is 0. The Morgan fingerprint density at radius 2 is 1.83 bits per heavy atom. The molecule has 1 aromatic carbocycles. The predicted octanol–water partition coefficient (Wildman–Crippen LogP) is 1.23. The van der Waals surface area contributed by atoms with Gasteiger partial charge in [0.2, 0.25) is 5.91 Å². The predicted molar refractivity (Wildman–Crippen MR) is 69.3 cm³/mol. The van der Waals surface area contributed by atoms with Gasteiger partial charge in [-0.2, -0.15) is 0 Å². The van der Waals surface area contributed by atoms with Crippen LogP contribution in [0.15, 0.2) is 30.3 Å². The second kappa shape index (κ2) is 5.64. The van der Waals surface area contributed by atoms with Gasteiger partial charge in [-0.3, -0.25) is 9.59 Å². The number of benzene rings is 1. The van der Waals surface area contributed by atoms with Crippen LogP contribution in [0.4, 0.5) is 5.69 Å². The van der Waals surface area contributed by atoms with E-state index in [1.165, 1.54) is 4.90 Å². The topological polar surface area (TPSA) is 83.6 Å². The Labute approximate surface area is 106 Å². The highest BCUT2D eigenvalue weighted by molar-refractivity contribution is 5.99. The fraction of sp³-hybridized carbons (Fsp3) is 0.385. The molecule has 1 amide bonds. The zero-order valence-corrected chi connectivity index (χ0v) is 10.6. The molecule has 0 spiro atoms. The van der Waals surface area contributed by atoms with Crippen LogP contribution in [0.2, 0.25) is 0 Å². The molecule has 3 N–H and O–H groups in total. The van der Waals surface area contributed by atoms with Crippen LogP contribution in [-0.2, 0) is 9.59 Å². The van der Waals surface area contributed by atoms with Crippen LogP contribution in [0.3, 0.4) is 0 Å². The van der Waals surface area contributed by atoms with Crippen molar-refractivity contribution in [2.24, 2.45) is 5.73 Å². The first-order valence-corrected chi connectivity index (χ1v) is 5.70. The Kier molecular flexibility index (Phi) is 4.44. The third-order valence-corrected chi connectivity index (χ3v) is 2.41. The summed E-state index contributed by atoms with van der Waals surface area (Å²) < 4.78 is 0. The number of nitrogens with zero attached hydrogens (tertiary/aromatic N) is 1. The monoisotopic (exact) mass is 250 g/mol. The van der Waals surface area contributed by atoms with Gasteiger partial charge < -0.3 is 15.7 Å². The first kappa shape index (κ1) is 14.2. The van der Waals surface area contributed by atoms with Gasteiger partial charge in [-0.1, -0.05) is 18.2 Å². The summed E-state index contributed by atoms with van der Waals surface area (Å²) in [5, 5.41) is 8.72. The average Bonchev–Trinajstić information content (AvgIpc) is 2.29. The Morgan fingerprint density at radius 1 is 1.28 bits per heavy atom. The molecule has 0 aliphatic carbocycles. The van der Waals surface area contributed by atoms with Crippen LogP contribution >= 0.6 is 0 Å². The minimum absolute atomic E-state index is 0.110. The molecule has 1 rings (SSSR count). The number of para-hydroxylation sites is 1. The van der Waals surface area contributed by atoms with E-state index in [0.717, 1.165) is 0 Å². The number of nitrogens with two attached hydrogens (primary N) is 1. The van der Waals surface area contributed by atoms with E-state index in [4.69, 9.17) is 10.8 Å². The maximum Gasteiger partial charge on any atom is 0.305 e. The van der Waals surface area contributed by atoms with Crippen LogP contribution in [-0.4, -0.2) is 29.1 Å². The van der Waals surface area contributed by atoms with E-state index in [1.807, 2.05) is 6.07 Å². The van der Waals surface area contributed by atoms with E-state index in [0.29, 0.717) is 5.69 Å². The molecule has 0 unspecified atom stereocenters. The van der Waals surface area contributed by atoms with Gasteiger partial charge in [0.15, 0.2) is 0 Å². The zero-order chi connectivity index (χ0) is 13.8. The highest BCUT2D eigenvalue weighted by Gasteiger charge is 2.28. The molecule has 5 nitrogen and oxygen atoms in total. The minimum Gasteiger partial charge on any atom is -0.481 e. The van der Waals surface area contributed by atoms with Crippen LogP contribution in [0.25, 0.3) is 0 Å². The summed E-state index contributed by atoms with van der Waals surface area (Å²) >= 11 is 0. The molecule has 0 heterocycles. The third-order valence-electron chi connectivity index (χ3n) is 2.41. The van der Waals surface area contributed by atoms with Gasteiger partial charge in [0, 0.05) is 12.2 Å². The quantitative estimate of drug-likeness (QED) is 0.823. The summed E-state index contributed by atoms with van der Waals surface area (Å²) in [6.07, 6.45) is -0.114. The number of carbonyl (C=O) groups is 2. The number of amides is 1. The van der Waals surface area contributed by atoms with Crippen molar-refractivity contribution in [2.45, 2.75) is 25.8 Å². The van der Waals surface area contributed by atoms with Crippen LogP contribution in [0.1, 0.15) is 20.3 Å². The maximum absolute atomic E-state index is 12.2. The van der Waals surface area contributed by atoms with Crippen LogP contribution in [0, 0.1) is 0 Å². The van der Waals surface area contributed by atoms with Gasteiger partial charge in [0.25, 0.3) is 0 Å². The molecule has 0 saturated heterocycles. The summed E-state index contributed by atoms with van der Waals surface area (Å²) in [6, 6.07) is 8.92. The van der Waals surface area contributed by atoms with Crippen molar-refractivity contribution in [1.29, 1.82) is 0 Å². The van der Waals surface area contributed by atoms with Crippen molar-refractivity contribution in [3.05, 3.63) is 30.3 Å². The lowest BCUT2D eigenvalue weighted by molar-refractivity contribution is -0.136. The zero-order valence-electron chi connectivity index (χ0n) is 10.6. The Morgan fingerprint density at radius 3 is 2.28 bits per heavy atom. The second-order valence-corrected chi connectivity index (χ2v) is 4.66. The molecular formula is C13H18N2O3. The van der Waals surface area contributed by atoms with Gasteiger partial charge in [0.05, 0.1) is 12.0 Å². The number of carboxylic acid groups (broad SMARTS) is 1. The second-order valence-electron chi connectivity index (χ2n) is 4.66. The summed E-state index contributed by atoms with van der Waals surface area (Å²) in [5.41, 5.74) is 5.41. The highest BCUT2D eigenvalue weighted by atomic mass is 16.4. The van der Waals surface area contributed by atoms with Crippen molar-refractivity contribution >= 4 is 17.6 Å². The number of hydrogen-bond acceptors (Lipinski definition) is 3. The van der Waals surface area contributed by atoms with E-state index in [-0.39, 0.29) is 18.9 Å². The number of aliphatic carboxylic acids is 1. The largest absolute Gasteiger partial charge is 0.481 e. The Hall–Kier alpha value is -1.88. The smallest absolute Gasteiger partial charge is 0.305 e. The molecule has 18 heavy (non-hydrogen) atoms. The number of carbonyl (C=O) groups excluding carboxylic acids is 1. The molecule has 0 atom stereocenters. The summed E-state index contributed by atoms with van der Waals surface area (Å²) in [4.78, 5) is 24.2. The lowest BCUT2D eigenvalue weighted by Crippen LogP contribution is -2.51. The van der Waals surface area contributed by atoms with Gasteiger partial charge >= 0.3 is 5.97 Å². The molecule has 0 saturated carbocycles. The maximum atomic E-state index is 12.2. The highest BCUT2D eigenvalue weighted by Crippen LogP contribution is 2.17. The van der Waals surface area contributed by atoms with Crippen LogP contribution in [0.5, 0.6) is 0 Å². The first-order valence-electron chi connectivity index (χ1n) is 5.70. The van der Waals surface area contributed by atoms with E-state index in [2.05, 4.69) is 0 Å². The molecule has 5 heteroatoms. The summed E-state index contributed by atoms with van der Waals surface area (Å²) in [6.45, 7) is 3.32. The molecule has 0 aliphatic rings.